The van der Waals surface area contributed by atoms with Gasteiger partial charge in [0.15, 0.2) is 5.11 Å². The third kappa shape index (κ3) is 3.11. The first-order valence-corrected chi connectivity index (χ1v) is 9.06. The van der Waals surface area contributed by atoms with Crippen LogP contribution in [0.4, 0.5) is 0 Å². The third-order valence-electron chi connectivity index (χ3n) is 5.78. The molecule has 1 aromatic rings. The average Bonchev–Trinajstić information content (AvgIpc) is 2.51. The molecule has 5 rings (SSSR count). The maximum absolute atomic E-state index is 5.51. The molecule has 122 valence electrons. The third-order valence-corrected chi connectivity index (χ3v) is 5.97. The fraction of sp³-hybridized carbons (Fsp3) is 0.611. The molecule has 2 N–H and O–H groups in total. The topological polar surface area (TPSA) is 49.3 Å². The second-order valence-corrected chi connectivity index (χ2v) is 8.08. The number of hydrogen-bond donors (Lipinski definition) is 2. The molecule has 0 amide bonds. The fourth-order valence-corrected chi connectivity index (χ4v) is 5.56. The molecular formula is C18H24N4S. The number of hydrogen-bond acceptors (Lipinski definition) is 3. The van der Waals surface area contributed by atoms with E-state index in [9.17, 15) is 0 Å². The van der Waals surface area contributed by atoms with Gasteiger partial charge in [-0.2, -0.15) is 5.10 Å². The molecule has 4 bridgehead atoms. The Morgan fingerprint density at radius 2 is 1.83 bits per heavy atom. The van der Waals surface area contributed by atoms with Gasteiger partial charge >= 0.3 is 0 Å². The molecule has 0 aromatic carbocycles. The van der Waals surface area contributed by atoms with E-state index in [-0.39, 0.29) is 5.54 Å². The van der Waals surface area contributed by atoms with Crippen molar-refractivity contribution in [1.29, 1.82) is 0 Å². The molecule has 0 spiro atoms. The Morgan fingerprint density at radius 1 is 1.17 bits per heavy atom. The number of thiocarbonyl (C=S) groups is 1. The van der Waals surface area contributed by atoms with Crippen LogP contribution in [-0.4, -0.2) is 21.3 Å². The van der Waals surface area contributed by atoms with E-state index >= 15 is 0 Å². The van der Waals surface area contributed by atoms with Gasteiger partial charge in [-0.25, -0.2) is 0 Å². The van der Waals surface area contributed by atoms with E-state index in [4.69, 9.17) is 12.2 Å². The normalized spacial score (nSPS) is 35.2. The van der Waals surface area contributed by atoms with Gasteiger partial charge in [-0.1, -0.05) is 6.07 Å². The van der Waals surface area contributed by atoms with E-state index < -0.39 is 0 Å². The number of nitrogens with zero attached hydrogens (tertiary/aromatic N) is 2. The van der Waals surface area contributed by atoms with E-state index in [0.29, 0.717) is 5.11 Å². The minimum atomic E-state index is 0.229. The van der Waals surface area contributed by atoms with Gasteiger partial charge in [0.25, 0.3) is 0 Å². The predicted octanol–water partition coefficient (Wildman–Crippen LogP) is 3.24. The van der Waals surface area contributed by atoms with E-state index in [2.05, 4.69) is 20.8 Å². The molecule has 0 radical (unpaired) electrons. The van der Waals surface area contributed by atoms with Crippen molar-refractivity contribution < 1.29 is 0 Å². The van der Waals surface area contributed by atoms with Gasteiger partial charge in [-0.15, -0.1) is 0 Å². The number of pyridine rings is 1. The van der Waals surface area contributed by atoms with Crippen molar-refractivity contribution in [3.05, 3.63) is 30.1 Å². The lowest BCUT2D eigenvalue weighted by Gasteiger charge is -2.57. The van der Waals surface area contributed by atoms with Crippen molar-refractivity contribution in [3.63, 3.8) is 0 Å². The van der Waals surface area contributed by atoms with Crippen LogP contribution in [0.3, 0.4) is 0 Å². The molecule has 4 aliphatic carbocycles. The summed E-state index contributed by atoms with van der Waals surface area (Å²) in [5.74, 6) is 2.74. The molecule has 0 unspecified atom stereocenters. The van der Waals surface area contributed by atoms with E-state index in [1.165, 1.54) is 38.5 Å². The lowest BCUT2D eigenvalue weighted by molar-refractivity contribution is -0.0101. The summed E-state index contributed by atoms with van der Waals surface area (Å²) in [7, 11) is 0. The Kier molecular flexibility index (Phi) is 3.84. The summed E-state index contributed by atoms with van der Waals surface area (Å²) in [5.41, 5.74) is 4.97. The molecule has 0 atom stereocenters. The van der Waals surface area contributed by atoms with Crippen molar-refractivity contribution >= 4 is 23.0 Å². The number of hydrazone groups is 1. The summed E-state index contributed by atoms with van der Waals surface area (Å²) in [6.45, 7) is 1.95. The van der Waals surface area contributed by atoms with Gasteiger partial charge in [0, 0.05) is 11.7 Å². The standard InChI is InChI=1S/C18H24N4S/c1-12(16-4-2-3-5-19-16)21-22-17(23)20-18-9-13-6-14(10-18)8-15(7-13)11-18/h2-5,13-15H,6-11H2,1H3,(H2,20,22,23). The van der Waals surface area contributed by atoms with Crippen LogP contribution in [0.2, 0.25) is 0 Å². The summed E-state index contributed by atoms with van der Waals surface area (Å²) in [6.07, 6.45) is 9.95. The predicted molar refractivity (Wildman–Crippen MR) is 96.2 cm³/mol. The molecule has 1 aromatic heterocycles. The summed E-state index contributed by atoms with van der Waals surface area (Å²) in [6, 6.07) is 5.83. The van der Waals surface area contributed by atoms with E-state index in [1.807, 2.05) is 25.1 Å². The number of aromatic nitrogens is 1. The Labute approximate surface area is 143 Å². The van der Waals surface area contributed by atoms with E-state index in [1.54, 1.807) is 6.20 Å². The molecule has 4 nitrogen and oxygen atoms in total. The van der Waals surface area contributed by atoms with Crippen LogP contribution >= 0.6 is 12.2 Å². The van der Waals surface area contributed by atoms with Crippen molar-refractivity contribution in [2.24, 2.45) is 22.9 Å². The Balaban J connectivity index is 1.39. The summed E-state index contributed by atoms with van der Waals surface area (Å²) < 4.78 is 0. The van der Waals surface area contributed by atoms with Gasteiger partial charge in [0.05, 0.1) is 11.4 Å². The maximum atomic E-state index is 5.51. The highest BCUT2D eigenvalue weighted by Crippen LogP contribution is 2.55. The second kappa shape index (κ2) is 5.86. The van der Waals surface area contributed by atoms with Gasteiger partial charge in [0.1, 0.15) is 0 Å². The lowest BCUT2D eigenvalue weighted by atomic mass is 9.53. The highest BCUT2D eigenvalue weighted by molar-refractivity contribution is 7.80. The Morgan fingerprint density at radius 3 is 2.39 bits per heavy atom. The van der Waals surface area contributed by atoms with Crippen LogP contribution < -0.4 is 10.7 Å². The largest absolute Gasteiger partial charge is 0.356 e. The minimum Gasteiger partial charge on any atom is -0.356 e. The number of rotatable bonds is 3. The lowest BCUT2D eigenvalue weighted by Crippen LogP contribution is -2.61. The van der Waals surface area contributed by atoms with Crippen molar-refractivity contribution in [2.45, 2.75) is 51.0 Å². The molecule has 4 saturated carbocycles. The Bertz CT molecular complexity index is 590. The molecule has 4 fully saturated rings. The first-order chi connectivity index (χ1) is 11.1. The molecule has 5 heteroatoms. The zero-order chi connectivity index (χ0) is 15.9. The van der Waals surface area contributed by atoms with Gasteiger partial charge in [0.2, 0.25) is 0 Å². The van der Waals surface area contributed by atoms with Crippen LogP contribution in [0.1, 0.15) is 51.1 Å². The van der Waals surface area contributed by atoms with E-state index in [0.717, 1.165) is 29.2 Å². The molecule has 23 heavy (non-hydrogen) atoms. The molecule has 1 heterocycles. The molecular weight excluding hydrogens is 304 g/mol. The summed E-state index contributed by atoms with van der Waals surface area (Å²) in [5, 5.41) is 8.67. The monoisotopic (exact) mass is 328 g/mol. The first kappa shape index (κ1) is 15.1. The zero-order valence-corrected chi connectivity index (χ0v) is 14.4. The first-order valence-electron chi connectivity index (χ1n) is 8.66. The van der Waals surface area contributed by atoms with Crippen LogP contribution in [0.15, 0.2) is 29.5 Å². The van der Waals surface area contributed by atoms with Crippen LogP contribution in [0.25, 0.3) is 0 Å². The van der Waals surface area contributed by atoms with Gasteiger partial charge < -0.3 is 5.32 Å². The minimum absolute atomic E-state index is 0.229. The quantitative estimate of drug-likeness (QED) is 0.508. The van der Waals surface area contributed by atoms with Crippen molar-refractivity contribution in [1.82, 2.24) is 15.7 Å². The highest BCUT2D eigenvalue weighted by atomic mass is 32.1. The summed E-state index contributed by atoms with van der Waals surface area (Å²) in [4.78, 5) is 4.30. The Hall–Kier alpha value is -1.49. The second-order valence-electron chi connectivity index (χ2n) is 7.68. The smallest absolute Gasteiger partial charge is 0.187 e. The van der Waals surface area contributed by atoms with Crippen LogP contribution in [-0.2, 0) is 0 Å². The fourth-order valence-electron chi connectivity index (χ4n) is 5.30. The van der Waals surface area contributed by atoms with Gasteiger partial charge in [-0.05, 0) is 87.6 Å². The number of nitrogens with one attached hydrogen (secondary N) is 2. The highest BCUT2D eigenvalue weighted by Gasteiger charge is 2.51. The molecule has 4 aliphatic rings. The van der Waals surface area contributed by atoms with Gasteiger partial charge in [-0.3, -0.25) is 10.4 Å². The summed E-state index contributed by atoms with van der Waals surface area (Å²) >= 11 is 5.51. The van der Waals surface area contributed by atoms with Crippen LogP contribution in [0.5, 0.6) is 0 Å². The molecule has 0 aliphatic heterocycles. The molecule has 0 saturated heterocycles. The zero-order valence-electron chi connectivity index (χ0n) is 13.6. The maximum Gasteiger partial charge on any atom is 0.187 e. The van der Waals surface area contributed by atoms with Crippen molar-refractivity contribution in [3.8, 4) is 0 Å². The average molecular weight is 328 g/mol. The SMILES string of the molecule is CC(=NNC(=S)NC12CC3CC(CC(C3)C1)C2)c1ccccn1. The van der Waals surface area contributed by atoms with Crippen molar-refractivity contribution in [2.75, 3.05) is 0 Å². The van der Waals surface area contributed by atoms with Crippen LogP contribution in [0, 0.1) is 17.8 Å².